The van der Waals surface area contributed by atoms with Gasteiger partial charge in [0, 0.05) is 6.54 Å². The highest BCUT2D eigenvalue weighted by Gasteiger charge is 2.37. The van der Waals surface area contributed by atoms with Gasteiger partial charge >= 0.3 is 0 Å². The van der Waals surface area contributed by atoms with E-state index in [0.717, 1.165) is 11.1 Å². The molecular formula is C20H23NO3. The summed E-state index contributed by atoms with van der Waals surface area (Å²) >= 11 is 0. The standard InChI is InChI=1S/C20H23NO3/c1-20(17-10-6-3-7-11-17)15-21(12-13-24-20)19(23)18(14-22)16-8-4-2-5-9-16/h2-11,18,22H,12-15H2,1H3. The zero-order chi connectivity index (χ0) is 17.0. The van der Waals surface area contributed by atoms with Crippen LogP contribution in [0.5, 0.6) is 0 Å². The molecule has 24 heavy (non-hydrogen) atoms. The molecule has 1 amide bonds. The molecule has 2 aromatic carbocycles. The minimum atomic E-state index is -0.524. The molecule has 4 nitrogen and oxygen atoms in total. The van der Waals surface area contributed by atoms with Crippen molar-refractivity contribution in [3.63, 3.8) is 0 Å². The van der Waals surface area contributed by atoms with Gasteiger partial charge in [-0.25, -0.2) is 0 Å². The molecule has 1 fully saturated rings. The summed E-state index contributed by atoms with van der Waals surface area (Å²) in [5.74, 6) is -0.571. The number of ether oxygens (including phenoxy) is 1. The molecule has 2 unspecified atom stereocenters. The van der Waals surface area contributed by atoms with Crippen molar-refractivity contribution in [2.75, 3.05) is 26.3 Å². The summed E-state index contributed by atoms with van der Waals surface area (Å²) in [5, 5.41) is 9.75. The quantitative estimate of drug-likeness (QED) is 0.940. The molecule has 126 valence electrons. The van der Waals surface area contributed by atoms with Crippen molar-refractivity contribution < 1.29 is 14.6 Å². The van der Waals surface area contributed by atoms with Crippen LogP contribution in [0.25, 0.3) is 0 Å². The van der Waals surface area contributed by atoms with Gasteiger partial charge in [0.05, 0.1) is 25.7 Å². The smallest absolute Gasteiger partial charge is 0.232 e. The molecule has 0 aromatic heterocycles. The monoisotopic (exact) mass is 325 g/mol. The first-order valence-electron chi connectivity index (χ1n) is 8.28. The van der Waals surface area contributed by atoms with Gasteiger partial charge in [-0.2, -0.15) is 0 Å². The normalized spacial score (nSPS) is 22.2. The topological polar surface area (TPSA) is 49.8 Å². The molecule has 0 aliphatic carbocycles. The van der Waals surface area contributed by atoms with Gasteiger partial charge in [-0.1, -0.05) is 60.7 Å². The van der Waals surface area contributed by atoms with E-state index in [4.69, 9.17) is 4.74 Å². The number of carbonyl (C=O) groups is 1. The van der Waals surface area contributed by atoms with E-state index in [9.17, 15) is 9.90 Å². The molecule has 0 saturated carbocycles. The molecule has 4 heteroatoms. The fraction of sp³-hybridized carbons (Fsp3) is 0.350. The van der Waals surface area contributed by atoms with Gasteiger partial charge in [0.25, 0.3) is 0 Å². The van der Waals surface area contributed by atoms with Crippen molar-refractivity contribution >= 4 is 5.91 Å². The zero-order valence-corrected chi connectivity index (χ0v) is 13.9. The number of hydrogen-bond donors (Lipinski definition) is 1. The molecule has 2 aromatic rings. The van der Waals surface area contributed by atoms with Crippen LogP contribution in [0.1, 0.15) is 24.0 Å². The lowest BCUT2D eigenvalue weighted by Gasteiger charge is -2.41. The Labute approximate surface area is 142 Å². The zero-order valence-electron chi connectivity index (χ0n) is 13.9. The van der Waals surface area contributed by atoms with Crippen molar-refractivity contribution in [2.45, 2.75) is 18.4 Å². The molecule has 0 spiro atoms. The van der Waals surface area contributed by atoms with E-state index in [1.807, 2.05) is 72.5 Å². The molecular weight excluding hydrogens is 302 g/mol. The van der Waals surface area contributed by atoms with Gasteiger partial charge in [0.15, 0.2) is 0 Å². The minimum Gasteiger partial charge on any atom is -0.395 e. The van der Waals surface area contributed by atoms with Gasteiger partial charge in [-0.3, -0.25) is 4.79 Å². The lowest BCUT2D eigenvalue weighted by atomic mass is 9.92. The summed E-state index contributed by atoms with van der Waals surface area (Å²) in [5.41, 5.74) is 1.38. The number of morpholine rings is 1. The number of benzene rings is 2. The Bertz CT molecular complexity index is 674. The second-order valence-electron chi connectivity index (χ2n) is 6.35. The van der Waals surface area contributed by atoms with Gasteiger partial charge in [-0.15, -0.1) is 0 Å². The first-order valence-corrected chi connectivity index (χ1v) is 8.28. The maximum Gasteiger partial charge on any atom is 0.232 e. The maximum absolute atomic E-state index is 13.0. The Morgan fingerprint density at radius 3 is 2.42 bits per heavy atom. The van der Waals surface area contributed by atoms with E-state index in [1.54, 1.807) is 0 Å². The lowest BCUT2D eigenvalue weighted by molar-refractivity contribution is -0.152. The number of rotatable bonds is 4. The van der Waals surface area contributed by atoms with Crippen LogP contribution in [0.3, 0.4) is 0 Å². The van der Waals surface area contributed by atoms with Gasteiger partial charge in [-0.05, 0) is 18.1 Å². The van der Waals surface area contributed by atoms with Crippen LogP contribution in [-0.2, 0) is 15.1 Å². The summed E-state index contributed by atoms with van der Waals surface area (Å²) < 4.78 is 5.99. The Morgan fingerprint density at radius 1 is 1.17 bits per heavy atom. The summed E-state index contributed by atoms with van der Waals surface area (Å²) in [7, 11) is 0. The third kappa shape index (κ3) is 3.35. The molecule has 1 aliphatic rings. The number of amides is 1. The summed E-state index contributed by atoms with van der Waals surface area (Å²) in [6.45, 7) is 3.34. The van der Waals surface area contributed by atoms with Crippen LogP contribution >= 0.6 is 0 Å². The first kappa shape index (κ1) is 16.7. The highest BCUT2D eigenvalue weighted by molar-refractivity contribution is 5.84. The second-order valence-corrected chi connectivity index (χ2v) is 6.35. The molecule has 1 aliphatic heterocycles. The largest absolute Gasteiger partial charge is 0.395 e. The van der Waals surface area contributed by atoms with Crippen molar-refractivity contribution in [1.29, 1.82) is 0 Å². The van der Waals surface area contributed by atoms with Gasteiger partial charge in [0.1, 0.15) is 5.60 Å². The van der Waals surface area contributed by atoms with Crippen LogP contribution in [-0.4, -0.2) is 42.2 Å². The third-order valence-corrected chi connectivity index (χ3v) is 4.65. The Kier molecular flexibility index (Phi) is 4.97. The lowest BCUT2D eigenvalue weighted by Crippen LogP contribution is -2.52. The molecule has 1 saturated heterocycles. The Morgan fingerprint density at radius 2 is 1.79 bits per heavy atom. The summed E-state index contributed by atoms with van der Waals surface area (Å²) in [4.78, 5) is 14.8. The van der Waals surface area contributed by atoms with Crippen LogP contribution in [0.2, 0.25) is 0 Å². The second kappa shape index (κ2) is 7.16. The summed E-state index contributed by atoms with van der Waals surface area (Å²) in [6, 6.07) is 19.4. The Balaban J connectivity index is 1.80. The fourth-order valence-corrected chi connectivity index (χ4v) is 3.26. The average Bonchev–Trinajstić information content (AvgIpc) is 2.64. The molecule has 0 bridgehead atoms. The van der Waals surface area contributed by atoms with E-state index in [1.165, 1.54) is 0 Å². The molecule has 0 radical (unpaired) electrons. The number of carbonyl (C=O) groups excluding carboxylic acids is 1. The van der Waals surface area contributed by atoms with Crippen molar-refractivity contribution in [3.05, 3.63) is 71.8 Å². The maximum atomic E-state index is 13.0. The van der Waals surface area contributed by atoms with Crippen LogP contribution < -0.4 is 0 Å². The molecule has 1 heterocycles. The van der Waals surface area contributed by atoms with E-state index < -0.39 is 11.5 Å². The molecule has 1 N–H and O–H groups in total. The average molecular weight is 325 g/mol. The van der Waals surface area contributed by atoms with E-state index in [2.05, 4.69) is 0 Å². The number of aliphatic hydroxyl groups is 1. The van der Waals surface area contributed by atoms with Gasteiger partial charge in [0.2, 0.25) is 5.91 Å². The van der Waals surface area contributed by atoms with E-state index >= 15 is 0 Å². The number of nitrogens with zero attached hydrogens (tertiary/aromatic N) is 1. The van der Waals surface area contributed by atoms with E-state index in [0.29, 0.717) is 19.7 Å². The first-order chi connectivity index (χ1) is 11.6. The SMILES string of the molecule is CC1(c2ccccc2)CN(C(=O)C(CO)c2ccccc2)CCO1. The molecule has 3 rings (SSSR count). The number of aliphatic hydroxyl groups excluding tert-OH is 1. The predicted molar refractivity (Wildman–Crippen MR) is 92.6 cm³/mol. The van der Waals surface area contributed by atoms with Crippen LogP contribution in [0.4, 0.5) is 0 Å². The highest BCUT2D eigenvalue weighted by atomic mass is 16.5. The van der Waals surface area contributed by atoms with Gasteiger partial charge < -0.3 is 14.7 Å². The summed E-state index contributed by atoms with van der Waals surface area (Å²) in [6.07, 6.45) is 0. The highest BCUT2D eigenvalue weighted by Crippen LogP contribution is 2.31. The Hall–Kier alpha value is -2.17. The number of hydrogen-bond acceptors (Lipinski definition) is 3. The van der Waals surface area contributed by atoms with Crippen molar-refractivity contribution in [3.8, 4) is 0 Å². The fourth-order valence-electron chi connectivity index (χ4n) is 3.26. The van der Waals surface area contributed by atoms with E-state index in [-0.39, 0.29) is 12.5 Å². The van der Waals surface area contributed by atoms with Crippen LogP contribution in [0.15, 0.2) is 60.7 Å². The predicted octanol–water partition coefficient (Wildman–Crippen LogP) is 2.54. The third-order valence-electron chi connectivity index (χ3n) is 4.65. The molecule has 2 atom stereocenters. The van der Waals surface area contributed by atoms with Crippen LogP contribution in [0, 0.1) is 0 Å². The van der Waals surface area contributed by atoms with Crippen molar-refractivity contribution in [2.24, 2.45) is 0 Å². The van der Waals surface area contributed by atoms with Crippen molar-refractivity contribution in [1.82, 2.24) is 4.90 Å². The minimum absolute atomic E-state index is 0.0471.